The number of hydrogen-bond acceptors (Lipinski definition) is 4. The van der Waals surface area contributed by atoms with Gasteiger partial charge in [0.25, 0.3) is 0 Å². The van der Waals surface area contributed by atoms with Gasteiger partial charge in [0, 0.05) is 5.92 Å². The molecule has 0 bridgehead atoms. The molecule has 0 aromatic heterocycles. The number of nitrogens with one attached hydrogen (secondary N) is 1. The molecule has 1 aliphatic carbocycles. The number of nitrogens with zero attached hydrogens (tertiary/aromatic N) is 1. The van der Waals surface area contributed by atoms with E-state index < -0.39 is 6.09 Å². The Morgan fingerprint density at radius 3 is 2.95 bits per heavy atom. The first kappa shape index (κ1) is 13.9. The van der Waals surface area contributed by atoms with E-state index in [1.165, 1.54) is 12.8 Å². The zero-order valence-electron chi connectivity index (χ0n) is 12.0. The summed E-state index contributed by atoms with van der Waals surface area (Å²) in [4.78, 5) is 17.1. The quantitative estimate of drug-likeness (QED) is 0.926. The van der Waals surface area contributed by atoms with E-state index in [1.807, 2.05) is 30.3 Å². The van der Waals surface area contributed by atoms with E-state index in [0.29, 0.717) is 12.5 Å². The van der Waals surface area contributed by atoms with Crippen molar-refractivity contribution >= 4 is 11.8 Å². The Bertz CT molecular complexity index is 516. The first-order valence-electron chi connectivity index (χ1n) is 7.50. The molecule has 1 N–H and O–H groups in total. The number of oxime groups is 1. The molecule has 0 radical (unpaired) electrons. The van der Waals surface area contributed by atoms with Gasteiger partial charge in [-0.3, -0.25) is 0 Å². The first-order chi connectivity index (χ1) is 10.3. The molecule has 5 heteroatoms. The highest BCUT2D eigenvalue weighted by Gasteiger charge is 2.35. The van der Waals surface area contributed by atoms with Gasteiger partial charge in [0.05, 0.1) is 12.3 Å². The summed E-state index contributed by atoms with van der Waals surface area (Å²) in [5, 5.41) is 6.87. The van der Waals surface area contributed by atoms with Crippen molar-refractivity contribution in [1.82, 2.24) is 5.32 Å². The van der Waals surface area contributed by atoms with Gasteiger partial charge in [-0.15, -0.1) is 0 Å². The van der Waals surface area contributed by atoms with Crippen molar-refractivity contribution in [3.05, 3.63) is 35.9 Å². The summed E-state index contributed by atoms with van der Waals surface area (Å²) < 4.78 is 5.18. The van der Waals surface area contributed by atoms with Crippen LogP contribution in [0.1, 0.15) is 31.2 Å². The zero-order chi connectivity index (χ0) is 14.5. The molecule has 5 nitrogen and oxygen atoms in total. The van der Waals surface area contributed by atoms with Crippen LogP contribution < -0.4 is 5.32 Å². The van der Waals surface area contributed by atoms with E-state index in [0.717, 1.165) is 24.1 Å². The number of alkyl carbamates (subject to hydrolysis) is 1. The SMILES string of the molecule is O=C(NCC1=NO[C@@H]2CCCC[C@H]12)OCc1ccccc1. The molecular formula is C16H20N2O3. The number of fused-ring (bicyclic) bond motifs is 1. The third kappa shape index (κ3) is 3.54. The monoisotopic (exact) mass is 288 g/mol. The lowest BCUT2D eigenvalue weighted by molar-refractivity contribution is 0.0397. The highest BCUT2D eigenvalue weighted by atomic mass is 16.6. The van der Waals surface area contributed by atoms with E-state index in [1.54, 1.807) is 0 Å². The van der Waals surface area contributed by atoms with Crippen LogP contribution in [0.4, 0.5) is 4.79 Å². The molecular weight excluding hydrogens is 268 g/mol. The minimum absolute atomic E-state index is 0.218. The number of carbonyl (C=O) groups is 1. The molecule has 1 aliphatic heterocycles. The summed E-state index contributed by atoms with van der Waals surface area (Å²) in [6.45, 7) is 0.691. The zero-order valence-corrected chi connectivity index (χ0v) is 12.0. The van der Waals surface area contributed by atoms with Gasteiger partial charge < -0.3 is 14.9 Å². The fourth-order valence-electron chi connectivity index (χ4n) is 2.91. The third-order valence-electron chi connectivity index (χ3n) is 4.06. The summed E-state index contributed by atoms with van der Waals surface area (Å²) in [5.74, 6) is 0.369. The van der Waals surface area contributed by atoms with Crippen LogP contribution in [0.2, 0.25) is 0 Å². The Hall–Kier alpha value is -2.04. The maximum Gasteiger partial charge on any atom is 0.407 e. The predicted molar refractivity (Wildman–Crippen MR) is 78.9 cm³/mol. The molecule has 0 saturated heterocycles. The second-order valence-electron chi connectivity index (χ2n) is 5.53. The second-order valence-corrected chi connectivity index (χ2v) is 5.53. The number of rotatable bonds is 4. The van der Waals surface area contributed by atoms with Gasteiger partial charge in [-0.1, -0.05) is 41.9 Å². The van der Waals surface area contributed by atoms with Crippen LogP contribution in [-0.2, 0) is 16.2 Å². The van der Waals surface area contributed by atoms with Gasteiger partial charge >= 0.3 is 6.09 Å². The number of amides is 1. The number of ether oxygens (including phenoxy) is 1. The standard InChI is InChI=1S/C16H20N2O3/c19-16(20-11-12-6-2-1-3-7-12)17-10-14-13-8-4-5-9-15(13)21-18-14/h1-3,6-7,13,15H,4-5,8-11H2,(H,17,19)/t13-,15-/m1/s1. The van der Waals surface area contributed by atoms with Gasteiger partial charge in [-0.05, 0) is 24.8 Å². The Labute approximate surface area is 124 Å². The summed E-state index contributed by atoms with van der Waals surface area (Å²) in [7, 11) is 0. The van der Waals surface area contributed by atoms with Gasteiger partial charge in [0.1, 0.15) is 12.7 Å². The summed E-state index contributed by atoms with van der Waals surface area (Å²) in [5.41, 5.74) is 1.91. The highest BCUT2D eigenvalue weighted by molar-refractivity contribution is 5.91. The minimum atomic E-state index is -0.416. The average Bonchev–Trinajstić information content (AvgIpc) is 2.95. The Kier molecular flexibility index (Phi) is 4.38. The maximum atomic E-state index is 11.7. The smallest absolute Gasteiger partial charge is 0.407 e. The number of hydrogen-bond donors (Lipinski definition) is 1. The van der Waals surface area contributed by atoms with Crippen molar-refractivity contribution in [3.8, 4) is 0 Å². The lowest BCUT2D eigenvalue weighted by Gasteiger charge is -2.23. The van der Waals surface area contributed by atoms with Crippen molar-refractivity contribution in [3.63, 3.8) is 0 Å². The molecule has 21 heavy (non-hydrogen) atoms. The Balaban J connectivity index is 1.42. The summed E-state index contributed by atoms with van der Waals surface area (Å²) in [6, 6.07) is 9.63. The molecule has 1 aromatic rings. The summed E-state index contributed by atoms with van der Waals surface area (Å²) >= 11 is 0. The molecule has 1 aromatic carbocycles. The second kappa shape index (κ2) is 6.61. The Morgan fingerprint density at radius 1 is 1.29 bits per heavy atom. The molecule has 1 amide bonds. The number of carbonyl (C=O) groups excluding carboxylic acids is 1. The summed E-state index contributed by atoms with van der Waals surface area (Å²) in [6.07, 6.45) is 4.38. The third-order valence-corrected chi connectivity index (χ3v) is 4.06. The van der Waals surface area contributed by atoms with E-state index >= 15 is 0 Å². The van der Waals surface area contributed by atoms with Crippen molar-refractivity contribution in [2.24, 2.45) is 11.1 Å². The minimum Gasteiger partial charge on any atom is -0.445 e. The van der Waals surface area contributed by atoms with Gasteiger partial charge in [0.2, 0.25) is 0 Å². The molecule has 1 heterocycles. The van der Waals surface area contributed by atoms with Crippen LogP contribution in [0.3, 0.4) is 0 Å². The van der Waals surface area contributed by atoms with Crippen LogP contribution in [0, 0.1) is 5.92 Å². The van der Waals surface area contributed by atoms with Crippen molar-refractivity contribution in [2.75, 3.05) is 6.54 Å². The van der Waals surface area contributed by atoms with E-state index in [-0.39, 0.29) is 12.7 Å². The molecule has 2 aliphatic rings. The first-order valence-corrected chi connectivity index (χ1v) is 7.50. The van der Waals surface area contributed by atoms with Gasteiger partial charge in [0.15, 0.2) is 0 Å². The van der Waals surface area contributed by atoms with Gasteiger partial charge in [-0.2, -0.15) is 0 Å². The molecule has 0 unspecified atom stereocenters. The normalized spacial score (nSPS) is 23.7. The van der Waals surface area contributed by atoms with Crippen molar-refractivity contribution in [1.29, 1.82) is 0 Å². The fraction of sp³-hybridized carbons (Fsp3) is 0.500. The molecule has 0 spiro atoms. The molecule has 112 valence electrons. The predicted octanol–water partition coefficient (Wildman–Crippen LogP) is 2.86. The van der Waals surface area contributed by atoms with E-state index in [4.69, 9.17) is 9.57 Å². The van der Waals surface area contributed by atoms with Crippen LogP contribution in [0.5, 0.6) is 0 Å². The van der Waals surface area contributed by atoms with Crippen LogP contribution in [-0.4, -0.2) is 24.5 Å². The lowest BCUT2D eigenvalue weighted by atomic mass is 9.84. The molecule has 1 saturated carbocycles. The van der Waals surface area contributed by atoms with E-state index in [2.05, 4.69) is 10.5 Å². The maximum absolute atomic E-state index is 11.7. The fourth-order valence-corrected chi connectivity index (χ4v) is 2.91. The van der Waals surface area contributed by atoms with Crippen molar-refractivity contribution in [2.45, 2.75) is 38.4 Å². The van der Waals surface area contributed by atoms with Crippen LogP contribution in [0.25, 0.3) is 0 Å². The highest BCUT2D eigenvalue weighted by Crippen LogP contribution is 2.32. The Morgan fingerprint density at radius 2 is 2.10 bits per heavy atom. The van der Waals surface area contributed by atoms with Crippen LogP contribution >= 0.6 is 0 Å². The molecule has 2 atom stereocenters. The van der Waals surface area contributed by atoms with Crippen molar-refractivity contribution < 1.29 is 14.4 Å². The van der Waals surface area contributed by atoms with Crippen LogP contribution in [0.15, 0.2) is 35.5 Å². The number of benzene rings is 1. The average molecular weight is 288 g/mol. The topological polar surface area (TPSA) is 59.9 Å². The largest absolute Gasteiger partial charge is 0.445 e. The van der Waals surface area contributed by atoms with Gasteiger partial charge in [-0.25, -0.2) is 4.79 Å². The molecule has 3 rings (SSSR count). The molecule has 1 fully saturated rings. The lowest BCUT2D eigenvalue weighted by Crippen LogP contribution is -2.35. The van der Waals surface area contributed by atoms with E-state index in [9.17, 15) is 4.79 Å².